The lowest BCUT2D eigenvalue weighted by molar-refractivity contribution is 0.203. The highest BCUT2D eigenvalue weighted by molar-refractivity contribution is 7.98. The van der Waals surface area contributed by atoms with Gasteiger partial charge in [-0.05, 0) is 60.7 Å². The van der Waals surface area contributed by atoms with Gasteiger partial charge in [0.2, 0.25) is 5.82 Å². The predicted octanol–water partition coefficient (Wildman–Crippen LogP) is 6.30. The SMILES string of the molecule is CSc1ccc(-c2noc(C3=C(C)N(Cc4ccccc4)C(=O)NC3c3cccc(F)c3)n2)cc1. The molecule has 1 aliphatic rings. The van der Waals surface area contributed by atoms with Gasteiger partial charge in [-0.1, -0.05) is 47.6 Å². The first-order valence-corrected chi connectivity index (χ1v) is 12.3. The van der Waals surface area contributed by atoms with Crippen LogP contribution in [-0.2, 0) is 6.54 Å². The Morgan fingerprint density at radius 2 is 1.83 bits per heavy atom. The van der Waals surface area contributed by atoms with Gasteiger partial charge in [-0.25, -0.2) is 9.18 Å². The molecule has 2 heterocycles. The average Bonchev–Trinajstić information content (AvgIpc) is 3.36. The largest absolute Gasteiger partial charge is 0.334 e. The van der Waals surface area contributed by atoms with Crippen LogP contribution in [0.1, 0.15) is 30.0 Å². The number of amides is 2. The van der Waals surface area contributed by atoms with E-state index in [9.17, 15) is 9.18 Å². The van der Waals surface area contributed by atoms with E-state index < -0.39 is 6.04 Å². The minimum Gasteiger partial charge on any atom is -0.334 e. The zero-order valence-corrected chi connectivity index (χ0v) is 20.1. The Kier molecular flexibility index (Phi) is 6.37. The first kappa shape index (κ1) is 22.9. The van der Waals surface area contributed by atoms with Gasteiger partial charge in [-0.2, -0.15) is 4.98 Å². The van der Waals surface area contributed by atoms with Gasteiger partial charge in [-0.3, -0.25) is 4.90 Å². The molecule has 1 aliphatic heterocycles. The molecule has 1 aromatic heterocycles. The van der Waals surface area contributed by atoms with Crippen molar-refractivity contribution in [3.05, 3.63) is 107 Å². The van der Waals surface area contributed by atoms with E-state index in [-0.39, 0.29) is 17.7 Å². The highest BCUT2D eigenvalue weighted by Gasteiger charge is 2.36. The quantitative estimate of drug-likeness (QED) is 0.324. The Bertz CT molecular complexity index is 1390. The van der Waals surface area contributed by atoms with Crippen molar-refractivity contribution in [2.45, 2.75) is 24.4 Å². The molecule has 0 spiro atoms. The fraction of sp³-hybridized carbons (Fsp3) is 0.148. The maximum Gasteiger partial charge on any atom is 0.322 e. The van der Waals surface area contributed by atoms with Gasteiger partial charge < -0.3 is 9.84 Å². The summed E-state index contributed by atoms with van der Waals surface area (Å²) in [6, 6.07) is 22.8. The summed E-state index contributed by atoms with van der Waals surface area (Å²) in [7, 11) is 0. The van der Waals surface area contributed by atoms with Crippen LogP contribution in [0.2, 0.25) is 0 Å². The Hall–Kier alpha value is -3.91. The molecule has 0 aliphatic carbocycles. The summed E-state index contributed by atoms with van der Waals surface area (Å²) in [4.78, 5) is 20.6. The summed E-state index contributed by atoms with van der Waals surface area (Å²) >= 11 is 1.65. The van der Waals surface area contributed by atoms with Crippen LogP contribution in [0, 0.1) is 5.82 Å². The lowest BCUT2D eigenvalue weighted by Gasteiger charge is -2.35. The zero-order valence-electron chi connectivity index (χ0n) is 19.2. The van der Waals surface area contributed by atoms with E-state index >= 15 is 0 Å². The monoisotopic (exact) mass is 486 g/mol. The van der Waals surface area contributed by atoms with Gasteiger partial charge in [0, 0.05) is 16.2 Å². The van der Waals surface area contributed by atoms with Gasteiger partial charge in [0.1, 0.15) is 5.82 Å². The van der Waals surface area contributed by atoms with E-state index in [2.05, 4.69) is 15.5 Å². The standard InChI is InChI=1S/C27H23FN4O2S/c1-17-23(26-30-25(31-34-26)19-11-13-22(35-2)14-12-19)24(20-9-6-10-21(28)15-20)29-27(33)32(17)16-18-7-4-3-5-8-18/h3-15,24H,16H2,1-2H3,(H,29,33). The number of carbonyl (C=O) groups excluding carboxylic acids is 1. The molecular formula is C27H23FN4O2S. The van der Waals surface area contributed by atoms with Crippen LogP contribution in [0.25, 0.3) is 17.0 Å². The molecule has 2 amide bonds. The predicted molar refractivity (Wildman–Crippen MR) is 134 cm³/mol. The van der Waals surface area contributed by atoms with Crippen LogP contribution in [0.3, 0.4) is 0 Å². The van der Waals surface area contributed by atoms with Gasteiger partial charge >= 0.3 is 6.03 Å². The van der Waals surface area contributed by atoms with Crippen molar-refractivity contribution in [2.75, 3.05) is 6.26 Å². The Labute approximate surface area is 206 Å². The van der Waals surface area contributed by atoms with Crippen molar-refractivity contribution in [1.82, 2.24) is 20.4 Å². The molecule has 0 saturated heterocycles. The normalized spacial score (nSPS) is 15.9. The number of allylic oxidation sites excluding steroid dienone is 1. The van der Waals surface area contributed by atoms with Gasteiger partial charge in [0.25, 0.3) is 5.89 Å². The number of nitrogens with one attached hydrogen (secondary N) is 1. The first-order chi connectivity index (χ1) is 17.0. The summed E-state index contributed by atoms with van der Waals surface area (Å²) < 4.78 is 19.8. The molecule has 1 unspecified atom stereocenters. The number of aromatic nitrogens is 2. The molecule has 6 nitrogen and oxygen atoms in total. The Morgan fingerprint density at radius 3 is 2.54 bits per heavy atom. The number of carbonyl (C=O) groups is 1. The van der Waals surface area contributed by atoms with Crippen molar-refractivity contribution in [2.24, 2.45) is 0 Å². The summed E-state index contributed by atoms with van der Waals surface area (Å²) in [5.41, 5.74) is 3.69. The second kappa shape index (κ2) is 9.76. The molecule has 1 atom stereocenters. The first-order valence-electron chi connectivity index (χ1n) is 11.1. The lowest BCUT2D eigenvalue weighted by Crippen LogP contribution is -2.45. The van der Waals surface area contributed by atoms with Crippen molar-refractivity contribution in [1.29, 1.82) is 0 Å². The molecule has 3 aromatic carbocycles. The van der Waals surface area contributed by atoms with E-state index in [0.717, 1.165) is 16.0 Å². The summed E-state index contributed by atoms with van der Waals surface area (Å²) in [5, 5.41) is 7.20. The topological polar surface area (TPSA) is 71.3 Å². The third-order valence-corrected chi connectivity index (χ3v) is 6.71. The van der Waals surface area contributed by atoms with Crippen LogP contribution >= 0.6 is 11.8 Å². The van der Waals surface area contributed by atoms with Gasteiger partial charge in [-0.15, -0.1) is 11.8 Å². The second-order valence-electron chi connectivity index (χ2n) is 8.16. The molecule has 1 N–H and O–H groups in total. The molecule has 35 heavy (non-hydrogen) atoms. The second-order valence-corrected chi connectivity index (χ2v) is 9.04. The van der Waals surface area contributed by atoms with E-state index in [4.69, 9.17) is 4.52 Å². The average molecular weight is 487 g/mol. The van der Waals surface area contributed by atoms with Crippen LogP contribution in [-0.4, -0.2) is 27.3 Å². The van der Waals surface area contributed by atoms with Crippen molar-refractivity contribution < 1.29 is 13.7 Å². The zero-order chi connectivity index (χ0) is 24.4. The fourth-order valence-corrected chi connectivity index (χ4v) is 4.55. The van der Waals surface area contributed by atoms with Gasteiger partial charge in [0.15, 0.2) is 0 Å². The van der Waals surface area contributed by atoms with Crippen LogP contribution in [0.5, 0.6) is 0 Å². The number of thioether (sulfide) groups is 1. The minimum absolute atomic E-state index is 0.277. The Balaban J connectivity index is 1.58. The summed E-state index contributed by atoms with van der Waals surface area (Å²) in [6.07, 6.45) is 2.02. The third-order valence-electron chi connectivity index (χ3n) is 5.97. The molecular weight excluding hydrogens is 463 g/mol. The number of hydrogen-bond donors (Lipinski definition) is 1. The van der Waals surface area contributed by atoms with E-state index in [1.165, 1.54) is 12.1 Å². The van der Waals surface area contributed by atoms with Crippen LogP contribution < -0.4 is 5.32 Å². The number of nitrogens with zero attached hydrogens (tertiary/aromatic N) is 3. The van der Waals surface area contributed by atoms with Crippen molar-refractivity contribution in [3.8, 4) is 11.4 Å². The molecule has 0 radical (unpaired) electrons. The summed E-state index contributed by atoms with van der Waals surface area (Å²) in [5.74, 6) is 0.330. The maximum atomic E-state index is 14.1. The highest BCUT2D eigenvalue weighted by Crippen LogP contribution is 2.38. The number of benzene rings is 3. The number of halogens is 1. The van der Waals surface area contributed by atoms with Crippen LogP contribution in [0.15, 0.2) is 94.0 Å². The van der Waals surface area contributed by atoms with Gasteiger partial charge in [0.05, 0.1) is 18.2 Å². The third kappa shape index (κ3) is 4.70. The number of hydrogen-bond acceptors (Lipinski definition) is 5. The Morgan fingerprint density at radius 1 is 1.06 bits per heavy atom. The fourth-order valence-electron chi connectivity index (χ4n) is 4.14. The maximum absolute atomic E-state index is 14.1. The molecule has 0 saturated carbocycles. The van der Waals surface area contributed by atoms with E-state index in [1.807, 2.05) is 67.8 Å². The van der Waals surface area contributed by atoms with Crippen LogP contribution in [0.4, 0.5) is 9.18 Å². The molecule has 0 bridgehead atoms. The van der Waals surface area contributed by atoms with Crippen molar-refractivity contribution in [3.63, 3.8) is 0 Å². The number of rotatable bonds is 6. The van der Waals surface area contributed by atoms with Crippen molar-refractivity contribution >= 4 is 23.4 Å². The molecule has 0 fully saturated rings. The molecule has 176 valence electrons. The lowest BCUT2D eigenvalue weighted by atomic mass is 9.94. The molecule has 8 heteroatoms. The molecule has 4 aromatic rings. The minimum atomic E-state index is -0.641. The van der Waals surface area contributed by atoms with E-state index in [0.29, 0.717) is 29.2 Å². The summed E-state index contributed by atoms with van der Waals surface area (Å²) in [6.45, 7) is 2.22. The highest BCUT2D eigenvalue weighted by atomic mass is 32.2. The number of urea groups is 1. The molecule has 5 rings (SSSR count). The van der Waals surface area contributed by atoms with E-state index in [1.54, 1.807) is 28.8 Å². The smallest absolute Gasteiger partial charge is 0.322 e.